The number of urea groups is 1. The van der Waals surface area contributed by atoms with Crippen molar-refractivity contribution in [2.75, 3.05) is 11.2 Å². The summed E-state index contributed by atoms with van der Waals surface area (Å²) in [4.78, 5) is 24.5. The van der Waals surface area contributed by atoms with E-state index in [9.17, 15) is 4.79 Å². The fraction of sp³-hybridized carbons (Fsp3) is 0.0625. The number of carbonyl (C=O) groups excluding carboxylic acids is 1. The van der Waals surface area contributed by atoms with Crippen molar-refractivity contribution in [1.82, 2.24) is 30.4 Å². The van der Waals surface area contributed by atoms with E-state index in [1.54, 1.807) is 12.1 Å². The molecule has 2 amide bonds. The van der Waals surface area contributed by atoms with Crippen molar-refractivity contribution in [3.63, 3.8) is 0 Å². The Morgan fingerprint density at radius 3 is 2.96 bits per heavy atom. The molecule has 0 saturated heterocycles. The Kier molecular flexibility index (Phi) is 5.89. The number of hydrogen-bond acceptors (Lipinski definition) is 7. The van der Waals surface area contributed by atoms with Crippen LogP contribution in [0.3, 0.4) is 0 Å². The number of allylic oxidation sites excluding steroid dienone is 2. The number of hydrogen-bond donors (Lipinski definition) is 3. The minimum atomic E-state index is -0.482. The van der Waals surface area contributed by atoms with Gasteiger partial charge in [0, 0.05) is 5.70 Å². The molecule has 0 atom stereocenters. The molecular formula is C16H15ClN8OS. The molecule has 0 saturated carbocycles. The van der Waals surface area contributed by atoms with Crippen LogP contribution < -0.4 is 16.0 Å². The molecule has 0 aromatic carbocycles. The van der Waals surface area contributed by atoms with Crippen molar-refractivity contribution in [1.29, 1.82) is 0 Å². The minimum absolute atomic E-state index is 0.312. The summed E-state index contributed by atoms with van der Waals surface area (Å²) in [6.07, 6.45) is 7.49. The third kappa shape index (κ3) is 5.19. The lowest BCUT2D eigenvalue weighted by atomic mass is 10.3. The maximum atomic E-state index is 12.3. The van der Waals surface area contributed by atoms with Gasteiger partial charge in [-0.05, 0) is 12.1 Å². The number of anilines is 1. The normalized spacial score (nSPS) is 17.6. The second-order valence-electron chi connectivity index (χ2n) is 5.19. The van der Waals surface area contributed by atoms with Crippen LogP contribution in [0.25, 0.3) is 5.82 Å². The van der Waals surface area contributed by atoms with Gasteiger partial charge in [0.1, 0.15) is 12.7 Å². The zero-order chi connectivity index (χ0) is 19.2. The first-order valence-electron chi connectivity index (χ1n) is 7.60. The van der Waals surface area contributed by atoms with E-state index in [0.717, 1.165) is 0 Å². The second-order valence-corrected chi connectivity index (χ2v) is 6.65. The maximum absolute atomic E-state index is 12.3. The van der Waals surface area contributed by atoms with Crippen LogP contribution in [0.15, 0.2) is 65.6 Å². The Labute approximate surface area is 164 Å². The average molecular weight is 403 g/mol. The van der Waals surface area contributed by atoms with Crippen LogP contribution in [-0.2, 0) is 0 Å². The van der Waals surface area contributed by atoms with E-state index in [1.165, 1.54) is 41.5 Å². The molecular weight excluding hydrogens is 388 g/mol. The molecule has 3 heterocycles. The third-order valence-electron chi connectivity index (χ3n) is 3.19. The van der Waals surface area contributed by atoms with E-state index in [0.29, 0.717) is 38.8 Å². The molecule has 0 fully saturated rings. The summed E-state index contributed by atoms with van der Waals surface area (Å²) in [6, 6.07) is 1.08. The van der Waals surface area contributed by atoms with Gasteiger partial charge >= 0.3 is 6.03 Å². The Hall–Kier alpha value is -3.11. The summed E-state index contributed by atoms with van der Waals surface area (Å²) >= 11 is 7.64. The number of nitrogens with zero attached hydrogens (tertiary/aromatic N) is 5. The van der Waals surface area contributed by atoms with Gasteiger partial charge in [0.25, 0.3) is 0 Å². The number of thioether (sulfide) groups is 1. The van der Waals surface area contributed by atoms with Crippen LogP contribution in [0, 0.1) is 0 Å². The molecule has 9 nitrogen and oxygen atoms in total. The van der Waals surface area contributed by atoms with Crippen LogP contribution in [-0.4, -0.2) is 37.9 Å². The molecule has 138 valence electrons. The zero-order valence-corrected chi connectivity index (χ0v) is 15.6. The predicted octanol–water partition coefficient (Wildman–Crippen LogP) is 2.67. The fourth-order valence-corrected chi connectivity index (χ4v) is 2.82. The standard InChI is InChI=1S/C16H15ClN8OS/c1-10-3-12(5-19-11(2)27-9-21-10)23-16(26)24-13-4-14(17)15(20-6-13)25-8-18-7-22-25/h3-8,21H,1-2,9H2,(H2,23,24,26)/b12-3+,19-5-. The molecule has 2 aromatic rings. The number of rotatable bonds is 3. The highest BCUT2D eigenvalue weighted by atomic mass is 35.5. The molecule has 3 N–H and O–H groups in total. The van der Waals surface area contributed by atoms with Crippen molar-refractivity contribution in [3.05, 3.63) is 65.6 Å². The highest BCUT2D eigenvalue weighted by Gasteiger charge is 2.10. The Balaban J connectivity index is 1.69. The molecule has 27 heavy (non-hydrogen) atoms. The molecule has 1 aliphatic rings. The minimum Gasteiger partial charge on any atom is -0.376 e. The van der Waals surface area contributed by atoms with E-state index < -0.39 is 6.03 Å². The number of carbonyl (C=O) groups is 1. The van der Waals surface area contributed by atoms with Gasteiger partial charge < -0.3 is 16.0 Å². The second kappa shape index (κ2) is 8.52. The van der Waals surface area contributed by atoms with Gasteiger partial charge in [-0.25, -0.2) is 24.4 Å². The van der Waals surface area contributed by atoms with Crippen LogP contribution in [0.1, 0.15) is 0 Å². The summed E-state index contributed by atoms with van der Waals surface area (Å²) < 4.78 is 1.43. The van der Waals surface area contributed by atoms with Crippen molar-refractivity contribution in [3.8, 4) is 5.82 Å². The molecule has 0 bridgehead atoms. The lowest BCUT2D eigenvalue weighted by Gasteiger charge is -2.10. The van der Waals surface area contributed by atoms with Gasteiger partial charge in [-0.1, -0.05) is 36.5 Å². The van der Waals surface area contributed by atoms with Gasteiger partial charge in [-0.3, -0.25) is 0 Å². The van der Waals surface area contributed by atoms with Crippen molar-refractivity contribution in [2.45, 2.75) is 0 Å². The summed E-state index contributed by atoms with van der Waals surface area (Å²) in [5.41, 5.74) is 1.51. The van der Waals surface area contributed by atoms with Gasteiger partial charge in [0.2, 0.25) is 0 Å². The monoisotopic (exact) mass is 402 g/mol. The predicted molar refractivity (Wildman–Crippen MR) is 107 cm³/mol. The number of nitrogens with one attached hydrogen (secondary N) is 3. The van der Waals surface area contributed by atoms with Crippen LogP contribution in [0.2, 0.25) is 5.02 Å². The van der Waals surface area contributed by atoms with Crippen LogP contribution >= 0.6 is 23.4 Å². The highest BCUT2D eigenvalue weighted by Crippen LogP contribution is 2.21. The summed E-state index contributed by atoms with van der Waals surface area (Å²) in [5.74, 6) is 0.998. The van der Waals surface area contributed by atoms with E-state index in [4.69, 9.17) is 11.6 Å². The number of aromatic nitrogens is 4. The topological polar surface area (TPSA) is 109 Å². The van der Waals surface area contributed by atoms with E-state index in [-0.39, 0.29) is 0 Å². The molecule has 0 spiro atoms. The molecule has 11 heteroatoms. The van der Waals surface area contributed by atoms with Crippen molar-refractivity contribution in [2.24, 2.45) is 4.99 Å². The lowest BCUT2D eigenvalue weighted by molar-refractivity contribution is 0.254. The molecule has 3 rings (SSSR count). The first-order chi connectivity index (χ1) is 13.0. The maximum Gasteiger partial charge on any atom is 0.323 e. The number of amides is 2. The average Bonchev–Trinajstić information content (AvgIpc) is 3.15. The fourth-order valence-electron chi connectivity index (χ4n) is 2.01. The van der Waals surface area contributed by atoms with Gasteiger partial charge in [-0.15, -0.1) is 0 Å². The van der Waals surface area contributed by atoms with Crippen molar-refractivity contribution < 1.29 is 4.79 Å². The summed E-state index contributed by atoms with van der Waals surface area (Å²) in [7, 11) is 0. The van der Waals surface area contributed by atoms with Gasteiger partial charge in [0.05, 0.1) is 39.7 Å². The Morgan fingerprint density at radius 1 is 1.37 bits per heavy atom. The quantitative estimate of drug-likeness (QED) is 0.728. The molecule has 1 aliphatic heterocycles. The van der Waals surface area contributed by atoms with Gasteiger partial charge in [-0.2, -0.15) is 5.10 Å². The van der Waals surface area contributed by atoms with Gasteiger partial charge in [0.15, 0.2) is 5.82 Å². The molecule has 0 radical (unpaired) electrons. The first-order valence-corrected chi connectivity index (χ1v) is 8.96. The van der Waals surface area contributed by atoms with Crippen LogP contribution in [0.4, 0.5) is 10.5 Å². The Bertz CT molecular complexity index is 938. The number of pyridine rings is 1. The van der Waals surface area contributed by atoms with E-state index in [2.05, 4.69) is 49.2 Å². The lowest BCUT2D eigenvalue weighted by Crippen LogP contribution is -2.29. The highest BCUT2D eigenvalue weighted by molar-refractivity contribution is 8.02. The third-order valence-corrected chi connectivity index (χ3v) is 4.19. The molecule has 0 unspecified atom stereocenters. The molecule has 2 aromatic heterocycles. The summed E-state index contributed by atoms with van der Waals surface area (Å²) in [6.45, 7) is 7.67. The molecule has 0 aliphatic carbocycles. The van der Waals surface area contributed by atoms with E-state index in [1.807, 2.05) is 0 Å². The zero-order valence-electron chi connectivity index (χ0n) is 14.0. The first kappa shape index (κ1) is 18.7. The number of halogens is 1. The van der Waals surface area contributed by atoms with Crippen molar-refractivity contribution >= 4 is 41.3 Å². The largest absolute Gasteiger partial charge is 0.376 e. The number of aliphatic imine (C=N–C) groups is 1. The smallest absolute Gasteiger partial charge is 0.323 e. The van der Waals surface area contributed by atoms with E-state index >= 15 is 0 Å². The SMILES string of the molecule is C=C1/C=C(NC(=O)Nc2cnc(-n3cncn3)c(Cl)c2)\C=N/C(=C)SCN1. The summed E-state index contributed by atoms with van der Waals surface area (Å²) in [5, 5.41) is 13.3. The Morgan fingerprint density at radius 2 is 2.22 bits per heavy atom. The van der Waals surface area contributed by atoms with Crippen LogP contribution in [0.5, 0.6) is 0 Å².